The Morgan fingerprint density at radius 1 is 1.05 bits per heavy atom. The molecule has 2 unspecified atom stereocenters. The first-order valence-electron chi connectivity index (χ1n) is 13.3. The van der Waals surface area contributed by atoms with E-state index in [0.717, 1.165) is 37.8 Å². The molecule has 1 fully saturated rings. The van der Waals surface area contributed by atoms with Gasteiger partial charge in [-0.1, -0.05) is 49.2 Å². The largest absolute Gasteiger partial charge is 0.493 e. The lowest BCUT2D eigenvalue weighted by Crippen LogP contribution is -2.50. The molecule has 0 radical (unpaired) electrons. The van der Waals surface area contributed by atoms with E-state index < -0.39 is 35.7 Å². The summed E-state index contributed by atoms with van der Waals surface area (Å²) in [6.07, 6.45) is 2.74. The number of hydrogen-bond donors (Lipinski definition) is 1. The minimum atomic E-state index is -1.18. The molecule has 1 N–H and O–H groups in total. The topological polar surface area (TPSA) is 85.3 Å². The fourth-order valence-corrected chi connectivity index (χ4v) is 5.45. The van der Waals surface area contributed by atoms with E-state index in [2.05, 4.69) is 0 Å². The summed E-state index contributed by atoms with van der Waals surface area (Å²) in [5.74, 6) is -2.41. The predicted molar refractivity (Wildman–Crippen MR) is 142 cm³/mol. The molecule has 1 amide bonds. The van der Waals surface area contributed by atoms with Crippen LogP contribution in [0.3, 0.4) is 0 Å². The normalized spacial score (nSPS) is 17.8. The Bertz CT molecular complexity index is 1380. The molecule has 1 saturated carbocycles. The molecule has 0 bridgehead atoms. The van der Waals surface area contributed by atoms with Crippen LogP contribution in [0, 0.1) is 11.6 Å². The van der Waals surface area contributed by atoms with Gasteiger partial charge in [-0.3, -0.25) is 4.79 Å². The molecule has 0 saturated heterocycles. The quantitative estimate of drug-likeness (QED) is 0.373. The molecule has 40 heavy (non-hydrogen) atoms. The average Bonchev–Trinajstić information content (AvgIpc) is 3.48. The highest BCUT2D eigenvalue weighted by Gasteiger charge is 2.41. The van der Waals surface area contributed by atoms with Gasteiger partial charge >= 0.3 is 5.97 Å². The van der Waals surface area contributed by atoms with Crippen molar-refractivity contribution >= 4 is 11.9 Å². The molecule has 0 aromatic heterocycles. The maximum atomic E-state index is 14.3. The summed E-state index contributed by atoms with van der Waals surface area (Å²) < 4.78 is 45.3. The van der Waals surface area contributed by atoms with E-state index in [1.165, 1.54) is 18.1 Å². The van der Waals surface area contributed by atoms with Crippen molar-refractivity contribution in [1.82, 2.24) is 4.90 Å². The summed E-state index contributed by atoms with van der Waals surface area (Å²) >= 11 is 0. The van der Waals surface area contributed by atoms with Crippen LogP contribution < -0.4 is 9.47 Å². The Balaban J connectivity index is 1.46. The van der Waals surface area contributed by atoms with Crippen LogP contribution in [0.25, 0.3) is 0 Å². The third-order valence-corrected chi connectivity index (χ3v) is 7.57. The van der Waals surface area contributed by atoms with Gasteiger partial charge < -0.3 is 24.2 Å². The lowest BCUT2D eigenvalue weighted by Gasteiger charge is -2.37. The zero-order valence-corrected chi connectivity index (χ0v) is 22.1. The van der Waals surface area contributed by atoms with E-state index in [-0.39, 0.29) is 37.0 Å². The van der Waals surface area contributed by atoms with Crippen molar-refractivity contribution in [3.05, 3.63) is 94.6 Å². The number of carboxylic acids is 1. The number of aliphatic carboxylic acids is 1. The van der Waals surface area contributed by atoms with E-state index in [4.69, 9.17) is 14.2 Å². The number of hydrogen-bond acceptors (Lipinski definition) is 5. The summed E-state index contributed by atoms with van der Waals surface area (Å²) in [6.45, 7) is -0.196. The van der Waals surface area contributed by atoms with Gasteiger partial charge in [0.1, 0.15) is 24.3 Å². The minimum absolute atomic E-state index is 0.0216. The van der Waals surface area contributed by atoms with Gasteiger partial charge in [-0.25, -0.2) is 13.6 Å². The fraction of sp³-hybridized carbons (Fsp3) is 0.355. The number of nitrogens with zero attached hydrogens (tertiary/aromatic N) is 1. The van der Waals surface area contributed by atoms with Crippen molar-refractivity contribution < 1.29 is 37.7 Å². The molecule has 5 rings (SSSR count). The Labute approximate surface area is 231 Å². The van der Waals surface area contributed by atoms with Gasteiger partial charge in [-0.15, -0.1) is 0 Å². The smallest absolute Gasteiger partial charge is 0.326 e. The van der Waals surface area contributed by atoms with Gasteiger partial charge in [-0.2, -0.15) is 0 Å². The molecular formula is C31H31F2NO6. The summed E-state index contributed by atoms with van der Waals surface area (Å²) in [6, 6.07) is 14.6. The number of benzene rings is 3. The van der Waals surface area contributed by atoms with Crippen molar-refractivity contribution in [2.45, 2.75) is 63.5 Å². The molecular weight excluding hydrogens is 520 g/mol. The van der Waals surface area contributed by atoms with Gasteiger partial charge in [0.15, 0.2) is 17.6 Å². The highest BCUT2D eigenvalue weighted by molar-refractivity contribution is 5.88. The SMILES string of the molecule is COc1ccc2c(c1OCc1ccc(F)cc1F)CC(C(=O)O)N(C(=O)C(OC1CCCC1)c1ccccc1)C2. The molecule has 3 aromatic carbocycles. The second kappa shape index (κ2) is 12.0. The molecule has 9 heteroatoms. The highest BCUT2D eigenvalue weighted by Crippen LogP contribution is 2.40. The summed E-state index contributed by atoms with van der Waals surface area (Å²) in [4.78, 5) is 27.9. The second-order valence-electron chi connectivity index (χ2n) is 10.1. The van der Waals surface area contributed by atoms with E-state index in [1.54, 1.807) is 12.1 Å². The molecule has 7 nitrogen and oxygen atoms in total. The van der Waals surface area contributed by atoms with Crippen LogP contribution >= 0.6 is 0 Å². The lowest BCUT2D eigenvalue weighted by atomic mass is 9.91. The molecule has 2 atom stereocenters. The maximum absolute atomic E-state index is 14.3. The number of ether oxygens (including phenoxy) is 3. The number of methoxy groups -OCH3 is 1. The molecule has 210 valence electrons. The highest BCUT2D eigenvalue weighted by atomic mass is 19.1. The van der Waals surface area contributed by atoms with Gasteiger partial charge in [0.2, 0.25) is 0 Å². The third kappa shape index (κ3) is 5.79. The first-order valence-corrected chi connectivity index (χ1v) is 13.3. The van der Waals surface area contributed by atoms with E-state index in [1.807, 2.05) is 30.3 Å². The van der Waals surface area contributed by atoms with E-state index in [9.17, 15) is 23.5 Å². The van der Waals surface area contributed by atoms with Crippen LogP contribution in [0.4, 0.5) is 8.78 Å². The molecule has 1 aliphatic carbocycles. The van der Waals surface area contributed by atoms with Crippen LogP contribution in [0.15, 0.2) is 60.7 Å². The van der Waals surface area contributed by atoms with Crippen molar-refractivity contribution in [3.63, 3.8) is 0 Å². The van der Waals surface area contributed by atoms with Crippen LogP contribution in [0.1, 0.15) is 54.0 Å². The average molecular weight is 552 g/mol. The molecule has 0 spiro atoms. The third-order valence-electron chi connectivity index (χ3n) is 7.57. The van der Waals surface area contributed by atoms with Gasteiger partial charge in [-0.05, 0) is 42.2 Å². The molecule has 1 heterocycles. The Morgan fingerprint density at radius 3 is 2.48 bits per heavy atom. The number of fused-ring (bicyclic) bond motifs is 1. The van der Waals surface area contributed by atoms with Crippen LogP contribution in [0.5, 0.6) is 11.5 Å². The summed E-state index contributed by atoms with van der Waals surface area (Å²) in [5, 5.41) is 10.2. The zero-order valence-electron chi connectivity index (χ0n) is 22.1. The number of rotatable bonds is 9. The fourth-order valence-electron chi connectivity index (χ4n) is 5.45. The standard InChI is InChI=1S/C31H31F2NO6/c1-38-27-14-12-20-17-34(30(35)28(19-7-3-2-4-8-19)40-23-9-5-6-10-23)26(31(36)37)16-24(20)29(27)39-18-21-11-13-22(32)15-25(21)33/h2-4,7-8,11-15,23,26,28H,5-6,9-10,16-18H2,1H3,(H,36,37). The molecule has 3 aromatic rings. The number of amides is 1. The van der Waals surface area contributed by atoms with Crippen LogP contribution in [-0.4, -0.2) is 41.1 Å². The van der Waals surface area contributed by atoms with Crippen molar-refractivity contribution in [2.75, 3.05) is 7.11 Å². The number of halogens is 2. The summed E-state index contributed by atoms with van der Waals surface area (Å²) in [7, 11) is 1.45. The predicted octanol–water partition coefficient (Wildman–Crippen LogP) is 5.59. The van der Waals surface area contributed by atoms with Crippen LogP contribution in [-0.2, 0) is 33.9 Å². The number of carbonyl (C=O) groups excluding carboxylic acids is 1. The first kappa shape index (κ1) is 27.6. The van der Waals surface area contributed by atoms with E-state index >= 15 is 0 Å². The second-order valence-corrected chi connectivity index (χ2v) is 10.1. The maximum Gasteiger partial charge on any atom is 0.326 e. The van der Waals surface area contributed by atoms with Crippen molar-refractivity contribution in [3.8, 4) is 11.5 Å². The number of carbonyl (C=O) groups is 2. The van der Waals surface area contributed by atoms with Gasteiger partial charge in [0, 0.05) is 30.2 Å². The minimum Gasteiger partial charge on any atom is -0.493 e. The van der Waals surface area contributed by atoms with Gasteiger partial charge in [0.25, 0.3) is 5.91 Å². The molecule has 1 aliphatic heterocycles. The van der Waals surface area contributed by atoms with Crippen LogP contribution in [0.2, 0.25) is 0 Å². The number of carboxylic acid groups (broad SMARTS) is 1. The Morgan fingerprint density at radius 2 is 1.80 bits per heavy atom. The lowest BCUT2D eigenvalue weighted by molar-refractivity contribution is -0.160. The van der Waals surface area contributed by atoms with E-state index in [0.29, 0.717) is 22.4 Å². The Hall–Kier alpha value is -3.98. The van der Waals surface area contributed by atoms with Gasteiger partial charge in [0.05, 0.1) is 13.2 Å². The first-order chi connectivity index (χ1) is 19.4. The zero-order chi connectivity index (χ0) is 28.2. The summed E-state index contributed by atoms with van der Waals surface area (Å²) in [5.41, 5.74) is 2.06. The van der Waals surface area contributed by atoms with Crippen molar-refractivity contribution in [1.29, 1.82) is 0 Å². The monoisotopic (exact) mass is 551 g/mol. The van der Waals surface area contributed by atoms with Crippen molar-refractivity contribution in [2.24, 2.45) is 0 Å². The molecule has 2 aliphatic rings. The Kier molecular flexibility index (Phi) is 8.30.